The van der Waals surface area contributed by atoms with Crippen molar-refractivity contribution in [2.24, 2.45) is 0 Å². The fourth-order valence-electron chi connectivity index (χ4n) is 2.82. The van der Waals surface area contributed by atoms with E-state index >= 15 is 0 Å². The molecule has 0 fully saturated rings. The van der Waals surface area contributed by atoms with Crippen molar-refractivity contribution in [3.63, 3.8) is 0 Å². The minimum Gasteiger partial charge on any atom is -0.493 e. The van der Waals surface area contributed by atoms with Gasteiger partial charge in [0.15, 0.2) is 0 Å². The van der Waals surface area contributed by atoms with Crippen LogP contribution in [-0.4, -0.2) is 31.7 Å². The van der Waals surface area contributed by atoms with Gasteiger partial charge in [0.25, 0.3) is 0 Å². The second-order valence-corrected chi connectivity index (χ2v) is 6.97. The zero-order valence-electron chi connectivity index (χ0n) is 18.3. The van der Waals surface area contributed by atoms with Gasteiger partial charge in [-0.05, 0) is 61.4 Å². The number of aldehydes is 1. The molecule has 0 saturated heterocycles. The quantitative estimate of drug-likeness (QED) is 0.104. The number of benzene rings is 2. The Morgan fingerprint density at radius 1 is 1.09 bits per heavy atom. The van der Waals surface area contributed by atoms with Crippen molar-refractivity contribution in [3.05, 3.63) is 77.9 Å². The van der Waals surface area contributed by atoms with E-state index in [4.69, 9.17) is 19.6 Å². The first-order chi connectivity index (χ1) is 15.6. The van der Waals surface area contributed by atoms with Gasteiger partial charge in [0.05, 0.1) is 13.2 Å². The Kier molecular flexibility index (Phi) is 10.5. The van der Waals surface area contributed by atoms with Gasteiger partial charge in [0.2, 0.25) is 0 Å². The van der Waals surface area contributed by atoms with Crippen molar-refractivity contribution < 1.29 is 23.8 Å². The van der Waals surface area contributed by atoms with Crippen LogP contribution >= 0.6 is 0 Å². The van der Waals surface area contributed by atoms with Gasteiger partial charge >= 0.3 is 5.97 Å². The van der Waals surface area contributed by atoms with Crippen LogP contribution in [0.5, 0.6) is 11.5 Å². The summed E-state index contributed by atoms with van der Waals surface area (Å²) < 4.78 is 16.8. The maximum absolute atomic E-state index is 11.0. The molecule has 0 aliphatic rings. The van der Waals surface area contributed by atoms with Crippen molar-refractivity contribution in [3.8, 4) is 11.5 Å². The molecule has 1 N–H and O–H groups in total. The highest BCUT2D eigenvalue weighted by Gasteiger charge is 2.09. The highest BCUT2D eigenvalue weighted by atomic mass is 16.5. The van der Waals surface area contributed by atoms with Crippen LogP contribution in [-0.2, 0) is 9.53 Å². The molecule has 0 unspecified atom stereocenters. The molecule has 32 heavy (non-hydrogen) atoms. The van der Waals surface area contributed by atoms with E-state index in [1.54, 1.807) is 18.2 Å². The van der Waals surface area contributed by atoms with Gasteiger partial charge in [-0.2, -0.15) is 0 Å². The van der Waals surface area contributed by atoms with Crippen LogP contribution < -0.4 is 9.47 Å². The normalized spacial score (nSPS) is 10.8. The van der Waals surface area contributed by atoms with E-state index in [-0.39, 0.29) is 6.61 Å². The molecule has 0 heterocycles. The molecule has 0 aliphatic heterocycles. The first kappa shape index (κ1) is 24.6. The minimum atomic E-state index is -0.441. The van der Waals surface area contributed by atoms with Crippen LogP contribution in [0.25, 0.3) is 5.76 Å². The molecule has 2 rings (SSSR count). The van der Waals surface area contributed by atoms with E-state index in [1.165, 1.54) is 6.21 Å². The number of hydrogen-bond donors (Lipinski definition) is 1. The van der Waals surface area contributed by atoms with Crippen molar-refractivity contribution in [1.29, 1.82) is 5.41 Å². The molecule has 0 spiro atoms. The van der Waals surface area contributed by atoms with Crippen molar-refractivity contribution >= 4 is 24.2 Å². The number of unbranched alkanes of at least 4 members (excludes halogenated alkanes) is 2. The van der Waals surface area contributed by atoms with Gasteiger partial charge < -0.3 is 19.6 Å². The third-order valence-corrected chi connectivity index (χ3v) is 4.54. The van der Waals surface area contributed by atoms with E-state index in [2.05, 4.69) is 13.5 Å². The van der Waals surface area contributed by atoms with Crippen LogP contribution in [0.4, 0.5) is 0 Å². The van der Waals surface area contributed by atoms with Crippen molar-refractivity contribution in [2.45, 2.75) is 32.6 Å². The molecular weight excluding hydrogens is 406 g/mol. The van der Waals surface area contributed by atoms with Gasteiger partial charge in [0, 0.05) is 35.4 Å². The molecule has 168 valence electrons. The fraction of sp³-hybridized carbons (Fsp3) is 0.269. The molecule has 0 bridgehead atoms. The SMILES string of the molecule is C=CC(=O)OCCCOc1ccc(/C(=C\CCCC)Oc2ccc(C=O)cc2C=N)cc1. The maximum Gasteiger partial charge on any atom is 0.330 e. The topological polar surface area (TPSA) is 85.7 Å². The van der Waals surface area contributed by atoms with Gasteiger partial charge in [0.1, 0.15) is 23.5 Å². The van der Waals surface area contributed by atoms with Crippen LogP contribution in [0.3, 0.4) is 0 Å². The Balaban J connectivity index is 2.08. The lowest BCUT2D eigenvalue weighted by atomic mass is 10.1. The highest BCUT2D eigenvalue weighted by Crippen LogP contribution is 2.27. The molecular formula is C26H29NO5. The highest BCUT2D eigenvalue weighted by molar-refractivity contribution is 5.86. The molecule has 0 aliphatic carbocycles. The van der Waals surface area contributed by atoms with Gasteiger partial charge in [-0.3, -0.25) is 4.79 Å². The maximum atomic E-state index is 11.0. The molecule has 0 atom stereocenters. The number of hydrogen-bond acceptors (Lipinski definition) is 6. The summed E-state index contributed by atoms with van der Waals surface area (Å²) in [6, 6.07) is 12.5. The first-order valence-corrected chi connectivity index (χ1v) is 10.6. The summed E-state index contributed by atoms with van der Waals surface area (Å²) in [5.74, 6) is 1.46. The monoisotopic (exact) mass is 435 g/mol. The summed E-state index contributed by atoms with van der Waals surface area (Å²) in [6.07, 6.45) is 8.63. The van der Waals surface area contributed by atoms with E-state index in [1.807, 2.05) is 30.3 Å². The first-order valence-electron chi connectivity index (χ1n) is 10.6. The number of rotatable bonds is 14. The zero-order valence-corrected chi connectivity index (χ0v) is 18.3. The summed E-state index contributed by atoms with van der Waals surface area (Å²) in [7, 11) is 0. The van der Waals surface area contributed by atoms with E-state index < -0.39 is 5.97 Å². The van der Waals surface area contributed by atoms with Crippen molar-refractivity contribution in [1.82, 2.24) is 0 Å². The van der Waals surface area contributed by atoms with Gasteiger partial charge in [-0.15, -0.1) is 0 Å². The lowest BCUT2D eigenvalue weighted by Crippen LogP contribution is -2.06. The van der Waals surface area contributed by atoms with Crippen molar-refractivity contribution in [2.75, 3.05) is 13.2 Å². The lowest BCUT2D eigenvalue weighted by molar-refractivity contribution is -0.137. The Labute approximate surface area is 189 Å². The predicted octanol–water partition coefficient (Wildman–Crippen LogP) is 5.60. The molecule has 0 saturated carbocycles. The Hall–Kier alpha value is -3.67. The summed E-state index contributed by atoms with van der Waals surface area (Å²) in [5.41, 5.74) is 1.91. The van der Waals surface area contributed by atoms with E-state index in [0.29, 0.717) is 41.4 Å². The average molecular weight is 436 g/mol. The Morgan fingerprint density at radius 2 is 1.88 bits per heavy atom. The second kappa shape index (κ2) is 13.6. The third-order valence-electron chi connectivity index (χ3n) is 4.54. The van der Waals surface area contributed by atoms with E-state index in [9.17, 15) is 9.59 Å². The molecule has 2 aromatic rings. The molecule has 0 aromatic heterocycles. The number of ether oxygens (including phenoxy) is 3. The smallest absolute Gasteiger partial charge is 0.330 e. The Bertz CT molecular complexity index is 947. The molecule has 6 heteroatoms. The summed E-state index contributed by atoms with van der Waals surface area (Å²) in [6.45, 7) is 6.18. The fourth-order valence-corrected chi connectivity index (χ4v) is 2.82. The largest absolute Gasteiger partial charge is 0.493 e. The van der Waals surface area contributed by atoms with Crippen LogP contribution in [0.15, 0.2) is 61.2 Å². The standard InChI is InChI=1S/C26H29NO5/c1-3-5-6-8-24(32-25-14-9-20(19-28)17-22(25)18-27)21-10-12-23(13-11-21)30-15-7-16-31-26(29)4-2/h4,8-14,17-19,27H,2-3,5-7,15-16H2,1H3/b24-8+,27-18?. The van der Waals surface area contributed by atoms with Crippen LogP contribution in [0.2, 0.25) is 0 Å². The van der Waals surface area contributed by atoms with Crippen LogP contribution in [0.1, 0.15) is 54.1 Å². The number of nitrogens with one attached hydrogen (secondary N) is 1. The summed E-state index contributed by atoms with van der Waals surface area (Å²) in [5, 5.41) is 7.64. The number of allylic oxidation sites excluding steroid dienone is 1. The molecule has 0 radical (unpaired) electrons. The van der Waals surface area contributed by atoms with Gasteiger partial charge in [-0.25, -0.2) is 4.79 Å². The minimum absolute atomic E-state index is 0.277. The average Bonchev–Trinajstić information content (AvgIpc) is 2.83. The lowest BCUT2D eigenvalue weighted by Gasteiger charge is -2.14. The van der Waals surface area contributed by atoms with Crippen LogP contribution in [0, 0.1) is 5.41 Å². The predicted molar refractivity (Wildman–Crippen MR) is 126 cm³/mol. The van der Waals surface area contributed by atoms with E-state index in [0.717, 1.165) is 37.2 Å². The Morgan fingerprint density at radius 3 is 2.53 bits per heavy atom. The molecule has 2 aromatic carbocycles. The summed E-state index contributed by atoms with van der Waals surface area (Å²) in [4.78, 5) is 22.0. The molecule has 0 amide bonds. The number of carbonyl (C=O) groups is 2. The third kappa shape index (κ3) is 7.87. The number of esters is 1. The summed E-state index contributed by atoms with van der Waals surface area (Å²) >= 11 is 0. The zero-order chi connectivity index (χ0) is 23.2. The number of carbonyl (C=O) groups excluding carboxylic acids is 2. The second-order valence-electron chi connectivity index (χ2n) is 6.97. The molecule has 6 nitrogen and oxygen atoms in total. The van der Waals surface area contributed by atoms with Gasteiger partial charge in [-0.1, -0.05) is 19.9 Å².